The second-order valence-electron chi connectivity index (χ2n) is 6.21. The molecule has 1 N–H and O–H groups in total. The van der Waals surface area contributed by atoms with Gasteiger partial charge in [0.2, 0.25) is 0 Å². The second-order valence-corrected chi connectivity index (χ2v) is 8.69. The lowest BCUT2D eigenvalue weighted by molar-refractivity contribution is 0.573. The fourth-order valence-electron chi connectivity index (χ4n) is 2.21. The molecule has 0 unspecified atom stereocenters. The van der Waals surface area contributed by atoms with Gasteiger partial charge in [-0.3, -0.25) is 9.40 Å². The fourth-order valence-corrected chi connectivity index (χ4v) is 4.81. The normalized spacial score (nSPS) is 12.6. The third-order valence-electron chi connectivity index (χ3n) is 3.38. The van der Waals surface area contributed by atoms with Crippen LogP contribution in [0.15, 0.2) is 10.3 Å². The first kappa shape index (κ1) is 17.0. The van der Waals surface area contributed by atoms with Crippen LogP contribution in [-0.2, 0) is 22.0 Å². The molecule has 0 amide bonds. The van der Waals surface area contributed by atoms with Crippen LogP contribution in [0, 0.1) is 13.8 Å². The van der Waals surface area contributed by atoms with Gasteiger partial charge >= 0.3 is 0 Å². The minimum atomic E-state index is -3.68. The van der Waals surface area contributed by atoms with Gasteiger partial charge in [0.15, 0.2) is 5.13 Å². The van der Waals surface area contributed by atoms with E-state index in [1.54, 1.807) is 18.5 Å². The highest BCUT2D eigenvalue weighted by Gasteiger charge is 2.26. The Morgan fingerprint density at radius 3 is 2.41 bits per heavy atom. The minimum absolute atomic E-state index is 0.112. The maximum atomic E-state index is 12.6. The molecule has 2 aromatic heterocycles. The molecule has 8 heteroatoms. The average molecular weight is 342 g/mol. The van der Waals surface area contributed by atoms with Crippen molar-refractivity contribution in [3.8, 4) is 0 Å². The van der Waals surface area contributed by atoms with E-state index >= 15 is 0 Å². The van der Waals surface area contributed by atoms with Crippen LogP contribution < -0.4 is 4.72 Å². The number of aromatic nitrogens is 3. The first-order valence-electron chi connectivity index (χ1n) is 7.09. The zero-order chi connectivity index (χ0) is 16.7. The van der Waals surface area contributed by atoms with Gasteiger partial charge in [0.25, 0.3) is 10.0 Å². The molecule has 0 aliphatic carbocycles. The summed E-state index contributed by atoms with van der Waals surface area (Å²) < 4.78 is 29.5. The topological polar surface area (TPSA) is 76.9 Å². The van der Waals surface area contributed by atoms with Crippen molar-refractivity contribution >= 4 is 26.5 Å². The molecular formula is C14H22N4O2S2. The van der Waals surface area contributed by atoms with E-state index in [4.69, 9.17) is 0 Å². The highest BCUT2D eigenvalue weighted by molar-refractivity contribution is 7.93. The Morgan fingerprint density at radius 1 is 1.32 bits per heavy atom. The molecule has 0 bridgehead atoms. The molecule has 0 aliphatic heterocycles. The number of nitrogens with one attached hydrogen (secondary N) is 1. The highest BCUT2D eigenvalue weighted by Crippen LogP contribution is 2.29. The molecule has 22 heavy (non-hydrogen) atoms. The van der Waals surface area contributed by atoms with Crippen LogP contribution in [0.2, 0.25) is 0 Å². The predicted molar refractivity (Wildman–Crippen MR) is 89.0 cm³/mol. The predicted octanol–water partition coefficient (Wildman–Crippen LogP) is 3.07. The molecule has 0 fully saturated rings. The van der Waals surface area contributed by atoms with Crippen molar-refractivity contribution in [2.24, 2.45) is 0 Å². The molecule has 0 aliphatic rings. The van der Waals surface area contributed by atoms with Gasteiger partial charge < -0.3 is 0 Å². The van der Waals surface area contributed by atoms with E-state index in [1.807, 2.05) is 33.1 Å². The summed E-state index contributed by atoms with van der Waals surface area (Å²) >= 11 is 1.29. The maximum absolute atomic E-state index is 12.6. The molecule has 0 spiro atoms. The van der Waals surface area contributed by atoms with E-state index < -0.39 is 10.0 Å². The lowest BCUT2D eigenvalue weighted by Crippen LogP contribution is -2.16. The lowest BCUT2D eigenvalue weighted by atomic mass is 9.93. The number of anilines is 1. The summed E-state index contributed by atoms with van der Waals surface area (Å²) in [6.45, 7) is 12.2. The van der Waals surface area contributed by atoms with E-state index in [0.717, 1.165) is 5.69 Å². The van der Waals surface area contributed by atoms with Crippen LogP contribution in [0.25, 0.3) is 0 Å². The number of nitrogens with zero attached hydrogens (tertiary/aromatic N) is 3. The van der Waals surface area contributed by atoms with Gasteiger partial charge in [-0.25, -0.2) is 13.4 Å². The first-order valence-corrected chi connectivity index (χ1v) is 9.45. The van der Waals surface area contributed by atoms with Gasteiger partial charge in [0.05, 0.1) is 17.1 Å². The van der Waals surface area contributed by atoms with Crippen LogP contribution in [0.5, 0.6) is 0 Å². The van der Waals surface area contributed by atoms with E-state index in [1.165, 1.54) is 11.3 Å². The van der Waals surface area contributed by atoms with Crippen molar-refractivity contribution in [2.75, 3.05) is 4.72 Å². The van der Waals surface area contributed by atoms with Crippen molar-refractivity contribution < 1.29 is 8.42 Å². The van der Waals surface area contributed by atoms with E-state index in [-0.39, 0.29) is 10.3 Å². The van der Waals surface area contributed by atoms with Gasteiger partial charge in [-0.05, 0) is 20.8 Å². The Hall–Kier alpha value is -1.41. The minimum Gasteiger partial charge on any atom is -0.268 e. The Bertz CT molecular complexity index is 782. The third-order valence-corrected chi connectivity index (χ3v) is 5.85. The summed E-state index contributed by atoms with van der Waals surface area (Å²) in [5, 5.41) is 6.53. The standard InChI is InChI=1S/C14H22N4O2S2/c1-7-18-10(3)12(9(2)16-18)22(19,20)17-13-15-11(8-21-13)14(4,5)6/h8H,7H2,1-6H3,(H,15,17). The van der Waals surface area contributed by atoms with Gasteiger partial charge in [-0.15, -0.1) is 11.3 Å². The van der Waals surface area contributed by atoms with E-state index in [9.17, 15) is 8.42 Å². The summed E-state index contributed by atoms with van der Waals surface area (Å²) in [5.41, 5.74) is 1.89. The smallest absolute Gasteiger partial charge is 0.267 e. The monoisotopic (exact) mass is 342 g/mol. The lowest BCUT2D eigenvalue weighted by Gasteiger charge is -2.14. The number of hydrogen-bond acceptors (Lipinski definition) is 5. The van der Waals surface area contributed by atoms with Gasteiger partial charge in [0, 0.05) is 17.3 Å². The zero-order valence-corrected chi connectivity index (χ0v) is 15.4. The van der Waals surface area contributed by atoms with E-state index in [0.29, 0.717) is 23.1 Å². The molecule has 2 heterocycles. The quantitative estimate of drug-likeness (QED) is 0.926. The number of thiazole rings is 1. The summed E-state index contributed by atoms with van der Waals surface area (Å²) in [7, 11) is -3.68. The number of sulfonamides is 1. The second kappa shape index (κ2) is 5.66. The molecule has 0 atom stereocenters. The summed E-state index contributed by atoms with van der Waals surface area (Å²) in [5.74, 6) is 0. The molecule has 0 saturated carbocycles. The molecule has 0 aromatic carbocycles. The number of rotatable bonds is 4. The summed E-state index contributed by atoms with van der Waals surface area (Å²) in [6, 6.07) is 0. The molecule has 122 valence electrons. The molecular weight excluding hydrogens is 320 g/mol. The Kier molecular flexibility index (Phi) is 4.36. The molecule has 2 aromatic rings. The SMILES string of the molecule is CCn1nc(C)c(S(=O)(=O)Nc2nc(C(C)(C)C)cs2)c1C. The van der Waals surface area contributed by atoms with Crippen LogP contribution >= 0.6 is 11.3 Å². The van der Waals surface area contributed by atoms with Crippen LogP contribution in [0.4, 0.5) is 5.13 Å². The van der Waals surface area contributed by atoms with Crippen LogP contribution in [-0.4, -0.2) is 23.2 Å². The zero-order valence-electron chi connectivity index (χ0n) is 13.8. The van der Waals surface area contributed by atoms with Gasteiger partial charge in [-0.2, -0.15) is 5.10 Å². The third kappa shape index (κ3) is 3.17. The Morgan fingerprint density at radius 2 is 1.95 bits per heavy atom. The molecule has 0 radical (unpaired) electrons. The molecule has 6 nitrogen and oxygen atoms in total. The van der Waals surface area contributed by atoms with Gasteiger partial charge in [0.1, 0.15) is 4.90 Å². The maximum Gasteiger partial charge on any atom is 0.267 e. The van der Waals surface area contributed by atoms with Crippen molar-refractivity contribution in [1.82, 2.24) is 14.8 Å². The Labute approximate surface area is 135 Å². The average Bonchev–Trinajstić information content (AvgIpc) is 2.93. The summed E-state index contributed by atoms with van der Waals surface area (Å²) in [6.07, 6.45) is 0. The fraction of sp³-hybridized carbons (Fsp3) is 0.571. The number of aryl methyl sites for hydroxylation is 2. The summed E-state index contributed by atoms with van der Waals surface area (Å²) in [4.78, 5) is 4.62. The number of hydrogen-bond donors (Lipinski definition) is 1. The van der Waals surface area contributed by atoms with Gasteiger partial charge in [-0.1, -0.05) is 20.8 Å². The molecule has 0 saturated heterocycles. The largest absolute Gasteiger partial charge is 0.268 e. The first-order chi connectivity index (χ1) is 10.1. The van der Waals surface area contributed by atoms with Crippen molar-refractivity contribution in [3.63, 3.8) is 0 Å². The van der Waals surface area contributed by atoms with Crippen molar-refractivity contribution in [2.45, 2.75) is 58.4 Å². The van der Waals surface area contributed by atoms with Crippen LogP contribution in [0.3, 0.4) is 0 Å². The molecule has 2 rings (SSSR count). The highest BCUT2D eigenvalue weighted by atomic mass is 32.2. The van der Waals surface area contributed by atoms with Crippen molar-refractivity contribution in [1.29, 1.82) is 0 Å². The van der Waals surface area contributed by atoms with E-state index in [2.05, 4.69) is 14.8 Å². The van der Waals surface area contributed by atoms with Crippen molar-refractivity contribution in [3.05, 3.63) is 22.5 Å². The van der Waals surface area contributed by atoms with Crippen LogP contribution in [0.1, 0.15) is 44.8 Å². The Balaban J connectivity index is 2.37.